The van der Waals surface area contributed by atoms with Crippen LogP contribution < -0.4 is 14.2 Å². The number of fused-ring (bicyclic) bond motifs is 1. The van der Waals surface area contributed by atoms with E-state index in [9.17, 15) is 9.90 Å². The molecule has 0 saturated heterocycles. The second-order valence-corrected chi connectivity index (χ2v) is 10.0. The molecule has 0 saturated carbocycles. The molecule has 0 bridgehead atoms. The van der Waals surface area contributed by atoms with E-state index in [1.807, 2.05) is 42.5 Å². The molecule has 1 aliphatic rings. The number of hydrogen-bond donors (Lipinski definition) is 1. The molecule has 0 amide bonds. The molecule has 41 heavy (non-hydrogen) atoms. The zero-order valence-corrected chi connectivity index (χ0v) is 23.2. The van der Waals surface area contributed by atoms with Crippen LogP contribution in [-0.4, -0.2) is 34.0 Å². The molecule has 1 unspecified atom stereocenters. The lowest BCUT2D eigenvalue weighted by Crippen LogP contribution is -2.29. The van der Waals surface area contributed by atoms with E-state index in [1.54, 1.807) is 62.8 Å². The van der Waals surface area contributed by atoms with Gasteiger partial charge in [-0.1, -0.05) is 42.5 Å². The van der Waals surface area contributed by atoms with Crippen LogP contribution in [-0.2, 0) is 28.3 Å². The first-order valence-electron chi connectivity index (χ1n) is 12.9. The highest BCUT2D eigenvalue weighted by Gasteiger charge is 2.48. The van der Waals surface area contributed by atoms with Crippen molar-refractivity contribution in [2.75, 3.05) is 14.2 Å². The SMILES string of the molecule is COc1ccc(C2(O)OC(=O)C(c3ccc4nsnc4c3)=C2Cc2ccc(OCc3ccccc3)cc2OC)cc1. The molecule has 9 heteroatoms. The summed E-state index contributed by atoms with van der Waals surface area (Å²) in [7, 11) is 3.13. The number of cyclic esters (lactones) is 1. The molecule has 0 spiro atoms. The summed E-state index contributed by atoms with van der Waals surface area (Å²) in [6.07, 6.45) is 0.166. The van der Waals surface area contributed by atoms with Crippen LogP contribution in [0.1, 0.15) is 22.3 Å². The average Bonchev–Trinajstić information content (AvgIpc) is 3.58. The number of carbonyl (C=O) groups is 1. The fraction of sp³-hybridized carbons (Fsp3) is 0.156. The molecule has 1 atom stereocenters. The first-order valence-corrected chi connectivity index (χ1v) is 13.6. The van der Waals surface area contributed by atoms with Gasteiger partial charge in [0, 0.05) is 23.6 Å². The summed E-state index contributed by atoms with van der Waals surface area (Å²) in [6.45, 7) is 0.409. The van der Waals surface area contributed by atoms with Gasteiger partial charge in [0.15, 0.2) is 0 Å². The number of aromatic nitrogens is 2. The molecule has 5 aromatic rings. The molecule has 1 N–H and O–H groups in total. The molecule has 1 aliphatic heterocycles. The van der Waals surface area contributed by atoms with Gasteiger partial charge in [-0.3, -0.25) is 0 Å². The van der Waals surface area contributed by atoms with Crippen molar-refractivity contribution in [3.63, 3.8) is 0 Å². The molecule has 2 heterocycles. The van der Waals surface area contributed by atoms with Crippen molar-refractivity contribution in [2.24, 2.45) is 0 Å². The van der Waals surface area contributed by atoms with E-state index < -0.39 is 11.8 Å². The standard InChI is InChI=1S/C32H26N2O6S/c1-37-24-13-10-23(11-14-24)32(36)26(30(31(35)40-32)22-9-15-27-28(17-22)34-41-33-27)16-21-8-12-25(18-29(21)38-2)39-19-20-6-4-3-5-7-20/h3-15,17-18,36H,16,19H2,1-2H3. The Hall–Kier alpha value is -4.73. The van der Waals surface area contributed by atoms with Crippen molar-refractivity contribution in [1.29, 1.82) is 0 Å². The Bertz CT molecular complexity index is 1750. The smallest absolute Gasteiger partial charge is 0.342 e. The third kappa shape index (κ3) is 5.13. The first kappa shape index (κ1) is 26.5. The summed E-state index contributed by atoms with van der Waals surface area (Å²) in [6, 6.07) is 27.6. The molecular formula is C32H26N2O6S. The lowest BCUT2D eigenvalue weighted by molar-refractivity contribution is -0.185. The summed E-state index contributed by atoms with van der Waals surface area (Å²) in [4.78, 5) is 13.4. The molecule has 0 radical (unpaired) electrons. The quantitative estimate of drug-likeness (QED) is 0.227. The molecular weight excluding hydrogens is 540 g/mol. The van der Waals surface area contributed by atoms with E-state index in [0.29, 0.717) is 46.1 Å². The second-order valence-electron chi connectivity index (χ2n) is 9.51. The number of nitrogens with zero attached hydrogens (tertiary/aromatic N) is 2. The highest BCUT2D eigenvalue weighted by molar-refractivity contribution is 7.00. The minimum atomic E-state index is -2.01. The minimum Gasteiger partial charge on any atom is -0.497 e. The van der Waals surface area contributed by atoms with Crippen LogP contribution in [0.5, 0.6) is 17.2 Å². The number of aliphatic hydroxyl groups is 1. The third-order valence-corrected chi connectivity index (χ3v) is 7.61. The normalized spacial score (nSPS) is 16.6. The zero-order valence-electron chi connectivity index (χ0n) is 22.4. The predicted molar refractivity (Wildman–Crippen MR) is 155 cm³/mol. The second kappa shape index (κ2) is 11.0. The van der Waals surface area contributed by atoms with E-state index in [1.165, 1.54) is 0 Å². The fourth-order valence-corrected chi connectivity index (χ4v) is 5.44. The molecule has 0 aliphatic carbocycles. The number of ether oxygens (including phenoxy) is 4. The third-order valence-electron chi connectivity index (χ3n) is 7.05. The number of hydrogen-bond acceptors (Lipinski definition) is 9. The summed E-state index contributed by atoms with van der Waals surface area (Å²) < 4.78 is 31.3. The predicted octanol–water partition coefficient (Wildman–Crippen LogP) is 5.69. The van der Waals surface area contributed by atoms with Gasteiger partial charge in [-0.05, 0) is 59.2 Å². The van der Waals surface area contributed by atoms with Gasteiger partial charge < -0.3 is 24.1 Å². The molecule has 8 nitrogen and oxygen atoms in total. The Balaban J connectivity index is 1.41. The Morgan fingerprint density at radius 1 is 0.854 bits per heavy atom. The van der Waals surface area contributed by atoms with Crippen LogP contribution in [0.4, 0.5) is 0 Å². The maximum absolute atomic E-state index is 13.4. The monoisotopic (exact) mass is 566 g/mol. The van der Waals surface area contributed by atoms with Crippen molar-refractivity contribution in [3.05, 3.63) is 119 Å². The molecule has 0 fully saturated rings. The van der Waals surface area contributed by atoms with Crippen LogP contribution in [0.15, 0.2) is 96.6 Å². The van der Waals surface area contributed by atoms with Gasteiger partial charge in [0.25, 0.3) is 5.79 Å². The van der Waals surface area contributed by atoms with Crippen molar-refractivity contribution >= 4 is 34.3 Å². The van der Waals surface area contributed by atoms with E-state index in [-0.39, 0.29) is 12.0 Å². The lowest BCUT2D eigenvalue weighted by Gasteiger charge is -2.26. The van der Waals surface area contributed by atoms with Gasteiger partial charge in [0.1, 0.15) is 34.9 Å². The molecule has 206 valence electrons. The Kier molecular flexibility index (Phi) is 7.13. The van der Waals surface area contributed by atoms with Crippen LogP contribution in [0.25, 0.3) is 16.6 Å². The van der Waals surface area contributed by atoms with E-state index in [2.05, 4.69) is 8.75 Å². The summed E-state index contributed by atoms with van der Waals surface area (Å²) in [5.41, 5.74) is 4.80. The van der Waals surface area contributed by atoms with Gasteiger partial charge in [0.05, 0.1) is 31.5 Å². The van der Waals surface area contributed by atoms with Crippen molar-refractivity contribution in [2.45, 2.75) is 18.8 Å². The lowest BCUT2D eigenvalue weighted by atomic mass is 9.87. The highest BCUT2D eigenvalue weighted by Crippen LogP contribution is 2.46. The van der Waals surface area contributed by atoms with Gasteiger partial charge >= 0.3 is 5.97 Å². The molecule has 4 aromatic carbocycles. The largest absolute Gasteiger partial charge is 0.497 e. The Morgan fingerprint density at radius 2 is 1.61 bits per heavy atom. The highest BCUT2D eigenvalue weighted by atomic mass is 32.1. The summed E-state index contributed by atoms with van der Waals surface area (Å²) in [5, 5.41) is 12.0. The van der Waals surface area contributed by atoms with E-state index >= 15 is 0 Å². The number of carbonyl (C=O) groups excluding carboxylic acids is 1. The number of benzene rings is 4. The van der Waals surface area contributed by atoms with Gasteiger partial charge in [-0.25, -0.2) is 4.79 Å². The topological polar surface area (TPSA) is 100 Å². The van der Waals surface area contributed by atoms with Crippen molar-refractivity contribution in [3.8, 4) is 17.2 Å². The maximum atomic E-state index is 13.4. The van der Waals surface area contributed by atoms with Gasteiger partial charge in [-0.15, -0.1) is 0 Å². The van der Waals surface area contributed by atoms with Crippen molar-refractivity contribution < 1.29 is 28.8 Å². The van der Waals surface area contributed by atoms with Crippen LogP contribution in [0, 0.1) is 0 Å². The Morgan fingerprint density at radius 3 is 2.37 bits per heavy atom. The van der Waals surface area contributed by atoms with Gasteiger partial charge in [0.2, 0.25) is 0 Å². The number of methoxy groups -OCH3 is 2. The van der Waals surface area contributed by atoms with E-state index in [0.717, 1.165) is 28.4 Å². The van der Waals surface area contributed by atoms with Crippen molar-refractivity contribution in [1.82, 2.24) is 8.75 Å². The van der Waals surface area contributed by atoms with E-state index in [4.69, 9.17) is 18.9 Å². The Labute approximate surface area is 240 Å². The maximum Gasteiger partial charge on any atom is 0.342 e. The van der Waals surface area contributed by atoms with Crippen LogP contribution >= 0.6 is 11.7 Å². The fourth-order valence-electron chi connectivity index (χ4n) is 4.92. The molecule has 1 aromatic heterocycles. The molecule has 6 rings (SSSR count). The van der Waals surface area contributed by atoms with Gasteiger partial charge in [-0.2, -0.15) is 8.75 Å². The number of rotatable bonds is 9. The zero-order chi connectivity index (χ0) is 28.4. The summed E-state index contributed by atoms with van der Waals surface area (Å²) >= 11 is 1.10. The minimum absolute atomic E-state index is 0.166. The summed E-state index contributed by atoms with van der Waals surface area (Å²) in [5.74, 6) is -0.849. The average molecular weight is 567 g/mol. The van der Waals surface area contributed by atoms with Crippen LogP contribution in [0.2, 0.25) is 0 Å². The number of esters is 1. The van der Waals surface area contributed by atoms with Crippen LogP contribution in [0.3, 0.4) is 0 Å². The first-order chi connectivity index (χ1) is 20.0.